The van der Waals surface area contributed by atoms with Gasteiger partial charge in [-0.3, -0.25) is 14.5 Å². The van der Waals surface area contributed by atoms with E-state index in [2.05, 4.69) is 10.2 Å². The fourth-order valence-corrected chi connectivity index (χ4v) is 2.58. The molecule has 2 amide bonds. The summed E-state index contributed by atoms with van der Waals surface area (Å²) in [4.78, 5) is 29.5. The van der Waals surface area contributed by atoms with Crippen molar-refractivity contribution in [1.29, 1.82) is 0 Å². The first kappa shape index (κ1) is 16.2. The van der Waals surface area contributed by atoms with Gasteiger partial charge in [0, 0.05) is 59.3 Å². The number of morpholine rings is 1. The van der Waals surface area contributed by atoms with Crippen LogP contribution in [0.25, 0.3) is 0 Å². The lowest BCUT2D eigenvalue weighted by Crippen LogP contribution is -2.52. The fourth-order valence-electron chi connectivity index (χ4n) is 2.58. The van der Waals surface area contributed by atoms with Gasteiger partial charge in [-0.25, -0.2) is 0 Å². The average molecular weight is 298 g/mol. The van der Waals surface area contributed by atoms with E-state index >= 15 is 0 Å². The summed E-state index contributed by atoms with van der Waals surface area (Å²) in [5.41, 5.74) is 0. The molecule has 0 saturated carbocycles. The minimum Gasteiger partial charge on any atom is -0.378 e. The van der Waals surface area contributed by atoms with Crippen molar-refractivity contribution in [2.45, 2.75) is 12.5 Å². The first-order valence-electron chi connectivity index (χ1n) is 7.57. The molecule has 0 radical (unpaired) electrons. The molecular formula is C14H26N4O3. The van der Waals surface area contributed by atoms with Gasteiger partial charge in [0.05, 0.1) is 19.8 Å². The van der Waals surface area contributed by atoms with Crippen molar-refractivity contribution in [3.63, 3.8) is 0 Å². The molecule has 2 fully saturated rings. The predicted molar refractivity (Wildman–Crippen MR) is 78.9 cm³/mol. The molecule has 0 aromatic rings. The number of nitrogens with one attached hydrogen (secondary N) is 1. The molecule has 2 aliphatic rings. The number of ether oxygens (including phenoxy) is 1. The summed E-state index contributed by atoms with van der Waals surface area (Å²) in [5.74, 6) is 0.287. The zero-order valence-corrected chi connectivity index (χ0v) is 13.0. The van der Waals surface area contributed by atoms with Gasteiger partial charge in [-0.15, -0.1) is 0 Å². The van der Waals surface area contributed by atoms with Crippen LogP contribution in [0.1, 0.15) is 6.42 Å². The molecule has 2 rings (SSSR count). The van der Waals surface area contributed by atoms with Gasteiger partial charge in [0.25, 0.3) is 0 Å². The van der Waals surface area contributed by atoms with Crippen molar-refractivity contribution in [3.8, 4) is 0 Å². The van der Waals surface area contributed by atoms with E-state index in [1.165, 1.54) is 0 Å². The Labute approximate surface area is 126 Å². The first-order chi connectivity index (χ1) is 10.1. The van der Waals surface area contributed by atoms with Gasteiger partial charge in [-0.05, 0) is 0 Å². The average Bonchev–Trinajstić information content (AvgIpc) is 2.48. The normalized spacial score (nSPS) is 23.9. The van der Waals surface area contributed by atoms with Crippen LogP contribution in [0.3, 0.4) is 0 Å². The van der Waals surface area contributed by atoms with E-state index in [0.717, 1.165) is 26.2 Å². The number of nitrogens with zero attached hydrogens (tertiary/aromatic N) is 3. The second-order valence-electron chi connectivity index (χ2n) is 5.88. The molecule has 1 unspecified atom stereocenters. The van der Waals surface area contributed by atoms with Crippen LogP contribution in [-0.4, -0.2) is 99.1 Å². The van der Waals surface area contributed by atoms with E-state index in [0.29, 0.717) is 32.7 Å². The molecule has 0 spiro atoms. The van der Waals surface area contributed by atoms with Gasteiger partial charge in [0.15, 0.2) is 0 Å². The molecule has 7 heteroatoms. The monoisotopic (exact) mass is 298 g/mol. The first-order valence-corrected chi connectivity index (χ1v) is 7.57. The van der Waals surface area contributed by atoms with E-state index in [4.69, 9.17) is 4.74 Å². The second-order valence-corrected chi connectivity index (χ2v) is 5.88. The van der Waals surface area contributed by atoms with Crippen molar-refractivity contribution in [2.75, 3.05) is 66.6 Å². The van der Waals surface area contributed by atoms with Gasteiger partial charge in [-0.2, -0.15) is 0 Å². The molecule has 21 heavy (non-hydrogen) atoms. The number of amides is 2. The Morgan fingerprint density at radius 2 is 1.95 bits per heavy atom. The van der Waals surface area contributed by atoms with Crippen molar-refractivity contribution >= 4 is 11.8 Å². The lowest BCUT2D eigenvalue weighted by molar-refractivity contribution is -0.135. The summed E-state index contributed by atoms with van der Waals surface area (Å²) in [6.07, 6.45) is 0.497. The van der Waals surface area contributed by atoms with Crippen LogP contribution in [-0.2, 0) is 14.3 Å². The van der Waals surface area contributed by atoms with E-state index in [9.17, 15) is 9.59 Å². The summed E-state index contributed by atoms with van der Waals surface area (Å²) in [5, 5.41) is 3.30. The molecular weight excluding hydrogens is 272 g/mol. The highest BCUT2D eigenvalue weighted by Crippen LogP contribution is 2.07. The van der Waals surface area contributed by atoms with Gasteiger partial charge >= 0.3 is 0 Å². The summed E-state index contributed by atoms with van der Waals surface area (Å²) in [6, 6.07) is 0.139. The largest absolute Gasteiger partial charge is 0.378 e. The summed E-state index contributed by atoms with van der Waals surface area (Å²) >= 11 is 0. The predicted octanol–water partition coefficient (Wildman–Crippen LogP) is -1.40. The van der Waals surface area contributed by atoms with E-state index in [1.54, 1.807) is 19.0 Å². The van der Waals surface area contributed by atoms with E-state index < -0.39 is 0 Å². The Hall–Kier alpha value is -1.18. The van der Waals surface area contributed by atoms with Crippen LogP contribution in [0.15, 0.2) is 0 Å². The van der Waals surface area contributed by atoms with Crippen LogP contribution in [0, 0.1) is 0 Å². The summed E-state index contributed by atoms with van der Waals surface area (Å²) < 4.78 is 5.37. The molecule has 0 aliphatic carbocycles. The SMILES string of the molecule is CN(C)C(=O)CN1CCN(C(=O)CC2COCCN2)CC1. The third kappa shape index (κ3) is 4.94. The molecule has 2 saturated heterocycles. The van der Waals surface area contributed by atoms with E-state index in [1.807, 2.05) is 4.90 Å². The molecule has 0 bridgehead atoms. The van der Waals surface area contributed by atoms with Crippen molar-refractivity contribution in [1.82, 2.24) is 20.0 Å². The highest BCUT2D eigenvalue weighted by Gasteiger charge is 2.25. The van der Waals surface area contributed by atoms with Crippen LogP contribution in [0.2, 0.25) is 0 Å². The number of carbonyl (C=O) groups excluding carboxylic acids is 2. The maximum Gasteiger partial charge on any atom is 0.236 e. The number of rotatable bonds is 4. The minimum atomic E-state index is 0.110. The molecule has 2 aliphatic heterocycles. The quantitative estimate of drug-likeness (QED) is 0.691. The topological polar surface area (TPSA) is 65.1 Å². The Bertz CT molecular complexity index is 361. The molecule has 1 N–H and O–H groups in total. The summed E-state index contributed by atoms with van der Waals surface area (Å²) in [7, 11) is 3.53. The molecule has 2 heterocycles. The van der Waals surface area contributed by atoms with Gasteiger partial charge in [0.2, 0.25) is 11.8 Å². The number of hydrogen-bond acceptors (Lipinski definition) is 5. The molecule has 0 aromatic carbocycles. The molecule has 1 atom stereocenters. The molecule has 0 aromatic heterocycles. The minimum absolute atomic E-state index is 0.110. The van der Waals surface area contributed by atoms with Crippen LogP contribution in [0.5, 0.6) is 0 Å². The zero-order chi connectivity index (χ0) is 15.2. The van der Waals surface area contributed by atoms with Crippen molar-refractivity contribution in [2.24, 2.45) is 0 Å². The maximum absolute atomic E-state index is 12.2. The standard InChI is InChI=1S/C14H26N4O3/c1-16(2)14(20)10-17-4-6-18(7-5-17)13(19)9-12-11-21-8-3-15-12/h12,15H,3-11H2,1-2H3. The lowest BCUT2D eigenvalue weighted by Gasteiger charge is -2.35. The van der Waals surface area contributed by atoms with Crippen molar-refractivity contribution < 1.29 is 14.3 Å². The van der Waals surface area contributed by atoms with Gasteiger partial charge < -0.3 is 19.9 Å². The lowest BCUT2D eigenvalue weighted by atomic mass is 10.1. The smallest absolute Gasteiger partial charge is 0.236 e. The summed E-state index contributed by atoms with van der Waals surface area (Å²) in [6.45, 7) is 5.53. The Balaban J connectivity index is 1.70. The zero-order valence-electron chi connectivity index (χ0n) is 13.0. The molecule has 7 nitrogen and oxygen atoms in total. The van der Waals surface area contributed by atoms with Gasteiger partial charge in [-0.1, -0.05) is 0 Å². The second kappa shape index (κ2) is 7.72. The Morgan fingerprint density at radius 1 is 1.24 bits per heavy atom. The Kier molecular flexibility index (Phi) is 5.96. The van der Waals surface area contributed by atoms with Crippen LogP contribution in [0.4, 0.5) is 0 Å². The van der Waals surface area contributed by atoms with Crippen LogP contribution >= 0.6 is 0 Å². The Morgan fingerprint density at radius 3 is 2.52 bits per heavy atom. The molecule has 120 valence electrons. The van der Waals surface area contributed by atoms with Gasteiger partial charge in [0.1, 0.15) is 0 Å². The van der Waals surface area contributed by atoms with Crippen LogP contribution < -0.4 is 5.32 Å². The van der Waals surface area contributed by atoms with Crippen molar-refractivity contribution in [3.05, 3.63) is 0 Å². The third-order valence-corrected chi connectivity index (χ3v) is 4.00. The van der Waals surface area contributed by atoms with E-state index in [-0.39, 0.29) is 17.9 Å². The number of piperazine rings is 1. The number of carbonyl (C=O) groups is 2. The highest BCUT2D eigenvalue weighted by atomic mass is 16.5. The maximum atomic E-state index is 12.2. The highest BCUT2D eigenvalue weighted by molar-refractivity contribution is 5.78. The fraction of sp³-hybridized carbons (Fsp3) is 0.857. The third-order valence-electron chi connectivity index (χ3n) is 4.00. The number of likely N-dealkylation sites (N-methyl/N-ethyl adjacent to an activating group) is 1. The number of hydrogen-bond donors (Lipinski definition) is 1.